The number of carbonyl (C=O) groups excluding carboxylic acids is 2. The molecule has 1 rings (SSSR count). The number of nitrogens with one attached hydrogen (secondary N) is 2. The lowest BCUT2D eigenvalue weighted by molar-refractivity contribution is -0.147. The number of aromatic nitrogens is 2. The first kappa shape index (κ1) is 47.9. The summed E-state index contributed by atoms with van der Waals surface area (Å²) in [5.74, 6) is -0.523. The number of aromatic amines is 1. The number of carbonyl (C=O) groups is 2. The fourth-order valence-corrected chi connectivity index (χ4v) is 6.55. The van der Waals surface area contributed by atoms with Gasteiger partial charge in [-0.25, -0.2) is 14.6 Å². The summed E-state index contributed by atoms with van der Waals surface area (Å²) in [6.07, 6.45) is 35.5. The molecule has 1 unspecified atom stereocenters. The zero-order valence-corrected chi connectivity index (χ0v) is 34.6. The van der Waals surface area contributed by atoms with Crippen LogP contribution >= 0.6 is 0 Å². The summed E-state index contributed by atoms with van der Waals surface area (Å²) in [4.78, 5) is 34.9. The number of hydrogen-bond donors (Lipinski definition) is 2. The van der Waals surface area contributed by atoms with E-state index in [0.29, 0.717) is 13.2 Å². The number of hydrogen-bond acceptors (Lipinski definition) is 7. The third kappa shape index (κ3) is 30.3. The summed E-state index contributed by atoms with van der Waals surface area (Å²) in [5, 5.41) is 2.65. The minimum atomic E-state index is -0.892. The van der Waals surface area contributed by atoms with Gasteiger partial charge in [0.25, 0.3) is 0 Å². The number of rotatable bonds is 36. The lowest BCUT2D eigenvalue weighted by Gasteiger charge is -2.23. The van der Waals surface area contributed by atoms with Crippen LogP contribution in [0.25, 0.3) is 0 Å². The van der Waals surface area contributed by atoms with Crippen LogP contribution in [0.5, 0.6) is 0 Å². The molecule has 0 bridgehead atoms. The van der Waals surface area contributed by atoms with Gasteiger partial charge in [-0.2, -0.15) is 0 Å². The van der Waals surface area contributed by atoms with E-state index < -0.39 is 23.7 Å². The highest BCUT2D eigenvalue weighted by Gasteiger charge is 2.26. The van der Waals surface area contributed by atoms with Crippen molar-refractivity contribution in [3.63, 3.8) is 0 Å². The Hall–Kier alpha value is -2.13. The first-order valence-electron chi connectivity index (χ1n) is 21.7. The average molecular weight is 735 g/mol. The number of alkyl carbamates (subject to hydrolysis) is 1. The van der Waals surface area contributed by atoms with Crippen molar-refractivity contribution in [2.24, 2.45) is 0 Å². The number of ether oxygens (including phenoxy) is 3. The topological polar surface area (TPSA) is 106 Å². The van der Waals surface area contributed by atoms with Crippen LogP contribution < -0.4 is 5.32 Å². The molecule has 0 fully saturated rings. The smallest absolute Gasteiger partial charge is 0.408 e. The molecule has 0 aliphatic heterocycles. The zero-order chi connectivity index (χ0) is 38.0. The van der Waals surface area contributed by atoms with Gasteiger partial charge in [0.15, 0.2) is 0 Å². The molecular formula is C43H82N4O5. The molecule has 1 atom stereocenters. The van der Waals surface area contributed by atoms with E-state index in [-0.39, 0.29) is 13.0 Å². The van der Waals surface area contributed by atoms with E-state index in [0.717, 1.165) is 25.3 Å². The van der Waals surface area contributed by atoms with E-state index in [2.05, 4.69) is 34.0 Å². The Labute approximate surface area is 319 Å². The van der Waals surface area contributed by atoms with E-state index >= 15 is 0 Å². The standard InChI is InChI=1S/C43H82N4O5/c1-6-8-10-12-14-16-18-20-22-24-26-28-30-47(31-29-27-25-23-21-19-17-15-13-11-9-7-2)32-33-50-34-35-51-41(48)40(36-39-37-44-38-45-39)46-42(49)52-43(3,4)5/h37-38,40H,6-36H2,1-5H3,(H,44,45)(H,46,49). The second-order valence-electron chi connectivity index (χ2n) is 15.9. The number of esters is 1. The molecule has 2 N–H and O–H groups in total. The van der Waals surface area contributed by atoms with Crippen molar-refractivity contribution < 1.29 is 23.8 Å². The Bertz CT molecular complexity index is 908. The van der Waals surface area contributed by atoms with Gasteiger partial charge in [0.2, 0.25) is 0 Å². The van der Waals surface area contributed by atoms with E-state index in [4.69, 9.17) is 14.2 Å². The Kier molecular flexibility index (Phi) is 30.8. The van der Waals surface area contributed by atoms with Crippen molar-refractivity contribution in [3.8, 4) is 0 Å². The van der Waals surface area contributed by atoms with Gasteiger partial charge in [0.1, 0.15) is 18.2 Å². The number of unbranched alkanes of at least 4 members (excludes halogenated alkanes) is 22. The summed E-state index contributed by atoms with van der Waals surface area (Å²) in [6, 6.07) is -0.892. The third-order valence-corrected chi connectivity index (χ3v) is 9.63. The number of imidazole rings is 1. The Morgan fingerprint density at radius 1 is 0.673 bits per heavy atom. The Morgan fingerprint density at radius 2 is 1.13 bits per heavy atom. The van der Waals surface area contributed by atoms with Crippen LogP contribution in [0.15, 0.2) is 12.5 Å². The fraction of sp³-hybridized carbons (Fsp3) is 0.884. The number of amides is 1. The van der Waals surface area contributed by atoms with Crippen molar-refractivity contribution in [2.45, 2.75) is 207 Å². The predicted molar refractivity (Wildman–Crippen MR) is 216 cm³/mol. The van der Waals surface area contributed by atoms with E-state index in [9.17, 15) is 9.59 Å². The molecule has 9 nitrogen and oxygen atoms in total. The monoisotopic (exact) mass is 735 g/mol. The van der Waals surface area contributed by atoms with Crippen LogP contribution in [0.4, 0.5) is 4.79 Å². The second kappa shape index (κ2) is 33.4. The largest absolute Gasteiger partial charge is 0.462 e. The molecule has 1 amide bonds. The normalized spacial score (nSPS) is 12.3. The maximum atomic E-state index is 12.9. The molecule has 0 radical (unpaired) electrons. The predicted octanol–water partition coefficient (Wildman–Crippen LogP) is 11.1. The minimum absolute atomic E-state index is 0.131. The second-order valence-corrected chi connectivity index (χ2v) is 15.9. The van der Waals surface area contributed by atoms with Gasteiger partial charge in [-0.05, 0) is 46.7 Å². The summed E-state index contributed by atoms with van der Waals surface area (Å²) in [7, 11) is 0. The van der Waals surface area contributed by atoms with Gasteiger partial charge in [0, 0.05) is 24.9 Å². The van der Waals surface area contributed by atoms with Crippen molar-refractivity contribution in [3.05, 3.63) is 18.2 Å². The fourth-order valence-electron chi connectivity index (χ4n) is 6.55. The summed E-state index contributed by atoms with van der Waals surface area (Å²) >= 11 is 0. The molecule has 1 heterocycles. The van der Waals surface area contributed by atoms with Gasteiger partial charge in [-0.3, -0.25) is 0 Å². The average Bonchev–Trinajstić information content (AvgIpc) is 3.62. The molecule has 9 heteroatoms. The maximum absolute atomic E-state index is 12.9. The van der Waals surface area contributed by atoms with Gasteiger partial charge < -0.3 is 29.4 Å². The Morgan fingerprint density at radius 3 is 1.56 bits per heavy atom. The molecule has 0 aliphatic rings. The van der Waals surface area contributed by atoms with Gasteiger partial charge in [-0.15, -0.1) is 0 Å². The lowest BCUT2D eigenvalue weighted by atomic mass is 10.0. The van der Waals surface area contributed by atoms with Crippen molar-refractivity contribution >= 4 is 12.1 Å². The first-order valence-corrected chi connectivity index (χ1v) is 21.7. The molecule has 0 saturated carbocycles. The van der Waals surface area contributed by atoms with Gasteiger partial charge in [-0.1, -0.05) is 155 Å². The highest BCUT2D eigenvalue weighted by atomic mass is 16.6. The van der Waals surface area contributed by atoms with Crippen molar-refractivity contribution in [2.75, 3.05) is 39.5 Å². The lowest BCUT2D eigenvalue weighted by Crippen LogP contribution is -2.45. The third-order valence-electron chi connectivity index (χ3n) is 9.63. The van der Waals surface area contributed by atoms with Gasteiger partial charge in [0.05, 0.1) is 19.5 Å². The van der Waals surface area contributed by atoms with Gasteiger partial charge >= 0.3 is 12.1 Å². The summed E-state index contributed by atoms with van der Waals surface area (Å²) < 4.78 is 16.8. The van der Waals surface area contributed by atoms with Crippen molar-refractivity contribution in [1.29, 1.82) is 0 Å². The minimum Gasteiger partial charge on any atom is -0.462 e. The van der Waals surface area contributed by atoms with Crippen molar-refractivity contribution in [1.82, 2.24) is 20.2 Å². The van der Waals surface area contributed by atoms with E-state index in [1.54, 1.807) is 33.3 Å². The van der Waals surface area contributed by atoms with Crippen LogP contribution in [0.1, 0.15) is 194 Å². The van der Waals surface area contributed by atoms with E-state index in [1.165, 1.54) is 154 Å². The molecule has 304 valence electrons. The zero-order valence-electron chi connectivity index (χ0n) is 34.6. The maximum Gasteiger partial charge on any atom is 0.408 e. The molecule has 0 spiro atoms. The number of nitrogens with zero attached hydrogens (tertiary/aromatic N) is 2. The molecule has 0 aromatic carbocycles. The number of H-pyrrole nitrogens is 1. The molecule has 1 aromatic heterocycles. The SMILES string of the molecule is CCCCCCCCCCCCCCN(CCCCCCCCCCCCCC)CCOCCOC(=O)C(Cc1cnc[nH]1)NC(=O)OC(C)(C)C. The molecule has 52 heavy (non-hydrogen) atoms. The van der Waals surface area contributed by atoms with Crippen LogP contribution in [0.3, 0.4) is 0 Å². The highest BCUT2D eigenvalue weighted by molar-refractivity contribution is 5.81. The molecule has 0 aliphatic carbocycles. The van der Waals surface area contributed by atoms with Crippen LogP contribution in [0.2, 0.25) is 0 Å². The molecule has 1 aromatic rings. The molecule has 0 saturated heterocycles. The Balaban J connectivity index is 2.36. The summed E-state index contributed by atoms with van der Waals surface area (Å²) in [5.41, 5.74) is 0.0457. The first-order chi connectivity index (χ1) is 25.2. The molecular weight excluding hydrogens is 652 g/mol. The highest BCUT2D eigenvalue weighted by Crippen LogP contribution is 2.14. The van der Waals surface area contributed by atoms with Crippen LogP contribution in [-0.2, 0) is 25.4 Å². The summed E-state index contributed by atoms with van der Waals surface area (Å²) in [6.45, 7) is 14.1. The van der Waals surface area contributed by atoms with Crippen LogP contribution in [-0.4, -0.2) is 78.0 Å². The quantitative estimate of drug-likeness (QED) is 0.0522. The van der Waals surface area contributed by atoms with Crippen LogP contribution in [0, 0.1) is 0 Å². The van der Waals surface area contributed by atoms with E-state index in [1.807, 2.05) is 0 Å².